The summed E-state index contributed by atoms with van der Waals surface area (Å²) in [6.45, 7) is 1.77. The molecule has 0 amide bonds. The van der Waals surface area contributed by atoms with Gasteiger partial charge in [-0.05, 0) is 36.7 Å². The van der Waals surface area contributed by atoms with Crippen LogP contribution in [0.2, 0.25) is 5.02 Å². The number of carboxylic acid groups (broad SMARTS) is 1. The zero-order chi connectivity index (χ0) is 15.6. The first-order chi connectivity index (χ1) is 9.81. The highest BCUT2D eigenvalue weighted by Crippen LogP contribution is 2.23. The zero-order valence-electron chi connectivity index (χ0n) is 10.7. The molecular weight excluding hydrogens is 338 g/mol. The second kappa shape index (κ2) is 6.06. The van der Waals surface area contributed by atoms with Crippen molar-refractivity contribution in [3.63, 3.8) is 0 Å². The van der Waals surface area contributed by atoms with E-state index in [1.165, 1.54) is 6.07 Å². The number of carboxylic acids is 1. The molecule has 2 rings (SSSR count). The van der Waals surface area contributed by atoms with Gasteiger partial charge in [0.25, 0.3) is 0 Å². The normalized spacial score (nSPS) is 11.5. The molecule has 7 nitrogen and oxygen atoms in total. The molecule has 0 aliphatic carbocycles. The molecule has 1 heterocycles. The first-order valence-electron chi connectivity index (χ1n) is 5.61. The Kier molecular flexibility index (Phi) is 4.57. The Bertz CT molecular complexity index is 789. The van der Waals surface area contributed by atoms with Crippen LogP contribution in [-0.2, 0) is 16.6 Å². The van der Waals surface area contributed by atoms with Crippen LogP contribution in [0.15, 0.2) is 23.1 Å². The summed E-state index contributed by atoms with van der Waals surface area (Å²) in [5, 5.41) is 12.5. The summed E-state index contributed by atoms with van der Waals surface area (Å²) in [5.41, 5.74) is 0.566. The van der Waals surface area contributed by atoms with Gasteiger partial charge in [-0.15, -0.1) is 5.10 Å². The smallest absolute Gasteiger partial charge is 0.335 e. The maximum Gasteiger partial charge on any atom is 0.335 e. The van der Waals surface area contributed by atoms with Crippen molar-refractivity contribution in [3.8, 4) is 0 Å². The molecular formula is C11H10ClN3O4S2. The molecule has 0 atom stereocenters. The molecule has 0 saturated carbocycles. The van der Waals surface area contributed by atoms with E-state index < -0.39 is 16.0 Å². The molecule has 0 aliphatic rings. The summed E-state index contributed by atoms with van der Waals surface area (Å²) < 4.78 is 30.4. The van der Waals surface area contributed by atoms with Crippen molar-refractivity contribution < 1.29 is 18.3 Å². The number of nitrogens with zero attached hydrogens (tertiary/aromatic N) is 2. The fourth-order valence-electron chi connectivity index (χ4n) is 1.50. The van der Waals surface area contributed by atoms with E-state index in [4.69, 9.17) is 16.7 Å². The minimum Gasteiger partial charge on any atom is -0.478 e. The Morgan fingerprint density at radius 2 is 2.19 bits per heavy atom. The van der Waals surface area contributed by atoms with Gasteiger partial charge in [-0.25, -0.2) is 17.9 Å². The number of sulfonamides is 1. The lowest BCUT2D eigenvalue weighted by molar-refractivity contribution is 0.0696. The first kappa shape index (κ1) is 15.8. The Morgan fingerprint density at radius 1 is 1.48 bits per heavy atom. The van der Waals surface area contributed by atoms with Gasteiger partial charge in [-0.1, -0.05) is 16.1 Å². The van der Waals surface area contributed by atoms with Gasteiger partial charge in [0, 0.05) is 6.54 Å². The van der Waals surface area contributed by atoms with E-state index in [-0.39, 0.29) is 22.0 Å². The minimum absolute atomic E-state index is 0.0445. The van der Waals surface area contributed by atoms with Gasteiger partial charge < -0.3 is 5.11 Å². The highest BCUT2D eigenvalue weighted by Gasteiger charge is 2.20. The van der Waals surface area contributed by atoms with Crippen LogP contribution in [-0.4, -0.2) is 29.1 Å². The van der Waals surface area contributed by atoms with Crippen LogP contribution in [0.4, 0.5) is 0 Å². The van der Waals surface area contributed by atoms with Crippen molar-refractivity contribution in [1.82, 2.24) is 14.3 Å². The number of rotatable bonds is 5. The van der Waals surface area contributed by atoms with Gasteiger partial charge in [-0.2, -0.15) is 0 Å². The van der Waals surface area contributed by atoms with Gasteiger partial charge in [0.2, 0.25) is 10.0 Å². The number of halogens is 1. The summed E-state index contributed by atoms with van der Waals surface area (Å²) in [5.74, 6) is -1.18. The molecule has 0 spiro atoms. The molecule has 0 unspecified atom stereocenters. The lowest BCUT2D eigenvalue weighted by Crippen LogP contribution is -2.23. The minimum atomic E-state index is -3.85. The predicted octanol–water partition coefficient (Wildman–Crippen LogP) is 1.68. The highest BCUT2D eigenvalue weighted by molar-refractivity contribution is 7.89. The molecule has 0 fully saturated rings. The van der Waals surface area contributed by atoms with E-state index >= 15 is 0 Å². The third kappa shape index (κ3) is 3.56. The number of hydrogen-bond donors (Lipinski definition) is 2. The van der Waals surface area contributed by atoms with Crippen LogP contribution in [0.5, 0.6) is 0 Å². The summed E-state index contributed by atoms with van der Waals surface area (Å²) >= 11 is 6.94. The average molecular weight is 348 g/mol. The van der Waals surface area contributed by atoms with E-state index in [0.717, 1.165) is 23.7 Å². The molecule has 21 heavy (non-hydrogen) atoms. The predicted molar refractivity (Wildman–Crippen MR) is 77.1 cm³/mol. The number of aromatic carboxylic acids is 1. The first-order valence-corrected chi connectivity index (χ1v) is 8.25. The van der Waals surface area contributed by atoms with Gasteiger partial charge in [-0.3, -0.25) is 0 Å². The van der Waals surface area contributed by atoms with E-state index in [1.807, 2.05) is 0 Å². The van der Waals surface area contributed by atoms with E-state index in [1.54, 1.807) is 6.92 Å². The Hall–Kier alpha value is -1.55. The standard InChI is InChI=1S/C11H10ClN3O4S2/c1-6-9(20-15-14-6)5-13-21(18,19)10-3-2-7(11(16)17)4-8(10)12/h2-4,13H,5H2,1H3,(H,16,17). The molecule has 2 aromatic rings. The third-order valence-electron chi connectivity index (χ3n) is 2.64. The van der Waals surface area contributed by atoms with E-state index in [2.05, 4.69) is 14.3 Å². The fourth-order valence-corrected chi connectivity index (χ4v) is 3.70. The van der Waals surface area contributed by atoms with Crippen molar-refractivity contribution in [2.24, 2.45) is 0 Å². The Balaban J connectivity index is 2.23. The lowest BCUT2D eigenvalue weighted by atomic mass is 10.2. The summed E-state index contributed by atoms with van der Waals surface area (Å²) in [4.78, 5) is 11.3. The molecule has 2 N–H and O–H groups in total. The molecule has 0 radical (unpaired) electrons. The van der Waals surface area contributed by atoms with Crippen molar-refractivity contribution >= 4 is 39.1 Å². The largest absolute Gasteiger partial charge is 0.478 e. The van der Waals surface area contributed by atoms with Gasteiger partial charge >= 0.3 is 5.97 Å². The van der Waals surface area contributed by atoms with Crippen LogP contribution in [0, 0.1) is 6.92 Å². The maximum absolute atomic E-state index is 12.2. The SMILES string of the molecule is Cc1nnsc1CNS(=O)(=O)c1ccc(C(=O)O)cc1Cl. The summed E-state index contributed by atoms with van der Waals surface area (Å²) in [6.07, 6.45) is 0. The van der Waals surface area contributed by atoms with Gasteiger partial charge in [0.15, 0.2) is 0 Å². The van der Waals surface area contributed by atoms with Crippen molar-refractivity contribution in [1.29, 1.82) is 0 Å². The van der Waals surface area contributed by atoms with Crippen LogP contribution >= 0.6 is 23.1 Å². The topological polar surface area (TPSA) is 109 Å². The number of carbonyl (C=O) groups is 1. The number of hydrogen-bond acceptors (Lipinski definition) is 6. The molecule has 112 valence electrons. The second-order valence-corrected chi connectivity index (χ2v) is 7.04. The Labute approximate surface area is 129 Å². The number of aromatic nitrogens is 2. The number of nitrogens with one attached hydrogen (secondary N) is 1. The summed E-state index contributed by atoms with van der Waals surface area (Å²) in [6, 6.07) is 3.44. The quantitative estimate of drug-likeness (QED) is 0.851. The van der Waals surface area contributed by atoms with Gasteiger partial charge in [0.1, 0.15) is 4.90 Å². The van der Waals surface area contributed by atoms with Gasteiger partial charge in [0.05, 0.1) is 21.2 Å². The number of aryl methyl sites for hydroxylation is 1. The monoisotopic (exact) mass is 347 g/mol. The van der Waals surface area contributed by atoms with Crippen molar-refractivity contribution in [2.45, 2.75) is 18.4 Å². The van der Waals surface area contributed by atoms with Crippen LogP contribution in [0.1, 0.15) is 20.9 Å². The van der Waals surface area contributed by atoms with Crippen LogP contribution < -0.4 is 4.72 Å². The molecule has 1 aromatic heterocycles. The second-order valence-electron chi connectivity index (χ2n) is 4.06. The van der Waals surface area contributed by atoms with Crippen LogP contribution in [0.3, 0.4) is 0 Å². The molecule has 0 saturated heterocycles. The fraction of sp³-hybridized carbons (Fsp3) is 0.182. The zero-order valence-corrected chi connectivity index (χ0v) is 13.1. The average Bonchev–Trinajstić information content (AvgIpc) is 2.81. The molecule has 1 aromatic carbocycles. The van der Waals surface area contributed by atoms with Crippen LogP contribution in [0.25, 0.3) is 0 Å². The van der Waals surface area contributed by atoms with Crippen molar-refractivity contribution in [3.05, 3.63) is 39.4 Å². The highest BCUT2D eigenvalue weighted by atomic mass is 35.5. The molecule has 10 heteroatoms. The van der Waals surface area contributed by atoms with E-state index in [9.17, 15) is 13.2 Å². The van der Waals surface area contributed by atoms with E-state index in [0.29, 0.717) is 10.6 Å². The molecule has 0 aliphatic heterocycles. The Morgan fingerprint density at radius 3 is 2.71 bits per heavy atom. The lowest BCUT2D eigenvalue weighted by Gasteiger charge is -2.08. The molecule has 0 bridgehead atoms. The number of benzene rings is 1. The third-order valence-corrected chi connectivity index (χ3v) is 5.34. The van der Waals surface area contributed by atoms with Crippen molar-refractivity contribution in [2.75, 3.05) is 0 Å². The maximum atomic E-state index is 12.2. The summed E-state index contributed by atoms with van der Waals surface area (Å²) in [7, 11) is -3.85.